The van der Waals surface area contributed by atoms with E-state index in [1.54, 1.807) is 18.7 Å². The van der Waals surface area contributed by atoms with E-state index < -0.39 is 5.60 Å². The summed E-state index contributed by atoms with van der Waals surface area (Å²) < 4.78 is 0. The van der Waals surface area contributed by atoms with E-state index in [1.165, 1.54) is 11.3 Å². The lowest BCUT2D eigenvalue weighted by atomic mass is 10.1. The van der Waals surface area contributed by atoms with Gasteiger partial charge in [0.2, 0.25) is 0 Å². The Hall–Kier alpha value is -1.65. The molecule has 0 bridgehead atoms. The number of benzene rings is 1. The van der Waals surface area contributed by atoms with Gasteiger partial charge in [-0.2, -0.15) is 0 Å². The van der Waals surface area contributed by atoms with Crippen molar-refractivity contribution < 1.29 is 9.90 Å². The predicted molar refractivity (Wildman–Crippen MR) is 87.6 cm³/mol. The van der Waals surface area contributed by atoms with Crippen LogP contribution in [0.5, 0.6) is 0 Å². The molecule has 0 aliphatic heterocycles. The summed E-state index contributed by atoms with van der Waals surface area (Å²) in [5, 5.41) is 11.9. The summed E-state index contributed by atoms with van der Waals surface area (Å²) in [7, 11) is 0. The van der Waals surface area contributed by atoms with Crippen LogP contribution in [0.3, 0.4) is 0 Å². The molecule has 0 aliphatic carbocycles. The van der Waals surface area contributed by atoms with Crippen LogP contribution >= 0.6 is 11.3 Å². The molecule has 0 radical (unpaired) electrons. The normalized spacial score (nSPS) is 11.4. The average molecular weight is 303 g/mol. The lowest BCUT2D eigenvalue weighted by Crippen LogP contribution is -2.42. The maximum atomic E-state index is 12.7. The topological polar surface area (TPSA) is 40.5 Å². The molecule has 2 rings (SSSR count). The second-order valence-corrected chi connectivity index (χ2v) is 6.58. The molecule has 0 aliphatic rings. The Kier molecular flexibility index (Phi) is 4.80. The number of hydrogen-bond donors (Lipinski definition) is 1. The van der Waals surface area contributed by atoms with Gasteiger partial charge >= 0.3 is 0 Å². The van der Waals surface area contributed by atoms with Crippen molar-refractivity contribution in [2.45, 2.75) is 26.4 Å². The second kappa shape index (κ2) is 6.41. The zero-order chi connectivity index (χ0) is 15.5. The fourth-order valence-corrected chi connectivity index (χ4v) is 3.14. The minimum Gasteiger partial charge on any atom is -0.389 e. The molecule has 1 heterocycles. The Labute approximate surface area is 129 Å². The summed E-state index contributed by atoms with van der Waals surface area (Å²) in [5.74, 6) is -0.0199. The molecule has 1 N–H and O–H groups in total. The van der Waals surface area contributed by atoms with Gasteiger partial charge in [-0.15, -0.1) is 11.3 Å². The number of carbonyl (C=O) groups is 1. The van der Waals surface area contributed by atoms with Crippen LogP contribution in [0.25, 0.3) is 11.1 Å². The van der Waals surface area contributed by atoms with Gasteiger partial charge in [-0.05, 0) is 37.8 Å². The van der Waals surface area contributed by atoms with Crippen LogP contribution in [0, 0.1) is 0 Å². The van der Waals surface area contributed by atoms with Crippen LogP contribution < -0.4 is 0 Å². The van der Waals surface area contributed by atoms with Gasteiger partial charge in [0.05, 0.1) is 10.5 Å². The summed E-state index contributed by atoms with van der Waals surface area (Å²) in [4.78, 5) is 15.2. The van der Waals surface area contributed by atoms with E-state index in [2.05, 4.69) is 0 Å². The average Bonchev–Trinajstić information content (AvgIpc) is 2.93. The summed E-state index contributed by atoms with van der Waals surface area (Å²) >= 11 is 1.45. The van der Waals surface area contributed by atoms with E-state index in [0.717, 1.165) is 16.0 Å². The van der Waals surface area contributed by atoms with E-state index >= 15 is 0 Å². The third-order valence-electron chi connectivity index (χ3n) is 3.19. The largest absolute Gasteiger partial charge is 0.389 e. The van der Waals surface area contributed by atoms with E-state index in [1.807, 2.05) is 48.7 Å². The molecule has 21 heavy (non-hydrogen) atoms. The zero-order valence-corrected chi connectivity index (χ0v) is 13.5. The van der Waals surface area contributed by atoms with E-state index in [4.69, 9.17) is 0 Å². The molecule has 3 nitrogen and oxygen atoms in total. The first-order valence-electron chi connectivity index (χ1n) is 7.07. The van der Waals surface area contributed by atoms with Crippen molar-refractivity contribution in [3.05, 3.63) is 46.7 Å². The first-order valence-corrected chi connectivity index (χ1v) is 7.95. The molecule has 0 saturated carbocycles. The maximum absolute atomic E-state index is 12.7. The number of aliphatic hydroxyl groups is 1. The van der Waals surface area contributed by atoms with Gasteiger partial charge in [0.25, 0.3) is 5.91 Å². The van der Waals surface area contributed by atoms with Crippen molar-refractivity contribution in [1.82, 2.24) is 4.90 Å². The fraction of sp³-hybridized carbons (Fsp3) is 0.353. The van der Waals surface area contributed by atoms with Crippen LogP contribution in [-0.2, 0) is 0 Å². The molecule has 4 heteroatoms. The lowest BCUT2D eigenvalue weighted by Gasteiger charge is -2.28. The smallest absolute Gasteiger partial charge is 0.264 e. The SMILES string of the molecule is CCN(CC(C)(C)O)C(=O)c1sccc1-c1ccccc1. The maximum Gasteiger partial charge on any atom is 0.264 e. The van der Waals surface area contributed by atoms with E-state index in [9.17, 15) is 9.90 Å². The Bertz CT molecular complexity index is 599. The molecule has 2 aromatic rings. The number of likely N-dealkylation sites (N-methyl/N-ethyl adjacent to an activating group) is 1. The third kappa shape index (κ3) is 3.93. The monoisotopic (exact) mass is 303 g/mol. The molecular weight excluding hydrogens is 282 g/mol. The van der Waals surface area contributed by atoms with Gasteiger partial charge in [0, 0.05) is 18.7 Å². The minimum absolute atomic E-state index is 0.0199. The lowest BCUT2D eigenvalue weighted by molar-refractivity contribution is 0.0317. The summed E-state index contributed by atoms with van der Waals surface area (Å²) in [5.41, 5.74) is 1.11. The molecule has 112 valence electrons. The number of carbonyl (C=O) groups excluding carboxylic acids is 1. The third-order valence-corrected chi connectivity index (χ3v) is 4.09. The number of amides is 1. The van der Waals surface area contributed by atoms with Gasteiger partial charge in [0.15, 0.2) is 0 Å². The van der Waals surface area contributed by atoms with E-state index in [0.29, 0.717) is 13.1 Å². The van der Waals surface area contributed by atoms with Crippen molar-refractivity contribution in [1.29, 1.82) is 0 Å². The molecule has 0 spiro atoms. The van der Waals surface area contributed by atoms with Crippen LogP contribution in [0.15, 0.2) is 41.8 Å². The van der Waals surface area contributed by atoms with Crippen LogP contribution in [-0.4, -0.2) is 34.6 Å². The molecule has 1 aromatic heterocycles. The second-order valence-electron chi connectivity index (χ2n) is 5.66. The fourth-order valence-electron chi connectivity index (χ4n) is 2.26. The summed E-state index contributed by atoms with van der Waals surface area (Å²) in [6.07, 6.45) is 0. The van der Waals surface area contributed by atoms with Crippen LogP contribution in [0.4, 0.5) is 0 Å². The predicted octanol–water partition coefficient (Wildman–Crippen LogP) is 3.65. The van der Waals surface area contributed by atoms with Crippen molar-refractivity contribution in [2.24, 2.45) is 0 Å². The van der Waals surface area contributed by atoms with Crippen LogP contribution in [0.2, 0.25) is 0 Å². The molecule has 0 unspecified atom stereocenters. The summed E-state index contributed by atoms with van der Waals surface area (Å²) in [6, 6.07) is 11.9. The molecule has 1 amide bonds. The number of nitrogens with zero attached hydrogens (tertiary/aromatic N) is 1. The highest BCUT2D eigenvalue weighted by Gasteiger charge is 2.24. The van der Waals surface area contributed by atoms with E-state index in [-0.39, 0.29) is 5.91 Å². The standard InChI is InChI=1S/C17H21NO2S/c1-4-18(12-17(2,3)20)16(19)15-14(10-11-21-15)13-8-6-5-7-9-13/h5-11,20H,4,12H2,1-3H3. The number of rotatable bonds is 5. The van der Waals surface area contributed by atoms with Crippen LogP contribution in [0.1, 0.15) is 30.4 Å². The number of thiophene rings is 1. The molecule has 1 aromatic carbocycles. The Morgan fingerprint density at radius 3 is 2.48 bits per heavy atom. The van der Waals surface area contributed by atoms with Gasteiger partial charge in [-0.1, -0.05) is 30.3 Å². The summed E-state index contributed by atoms with van der Waals surface area (Å²) in [6.45, 7) is 6.27. The zero-order valence-electron chi connectivity index (χ0n) is 12.7. The highest BCUT2D eigenvalue weighted by Crippen LogP contribution is 2.29. The molecule has 0 fully saturated rings. The van der Waals surface area contributed by atoms with Crippen molar-refractivity contribution in [3.63, 3.8) is 0 Å². The van der Waals surface area contributed by atoms with Gasteiger partial charge < -0.3 is 10.0 Å². The highest BCUT2D eigenvalue weighted by molar-refractivity contribution is 7.12. The Morgan fingerprint density at radius 2 is 1.90 bits per heavy atom. The Balaban J connectivity index is 2.30. The molecule has 0 atom stereocenters. The van der Waals surface area contributed by atoms with Crippen molar-refractivity contribution >= 4 is 17.2 Å². The molecule has 0 saturated heterocycles. The van der Waals surface area contributed by atoms with Crippen molar-refractivity contribution in [3.8, 4) is 11.1 Å². The minimum atomic E-state index is -0.893. The van der Waals surface area contributed by atoms with Gasteiger partial charge in [-0.3, -0.25) is 4.79 Å². The Morgan fingerprint density at radius 1 is 1.24 bits per heavy atom. The molecular formula is C17H21NO2S. The first kappa shape index (κ1) is 15.7. The first-order chi connectivity index (χ1) is 9.92. The number of hydrogen-bond acceptors (Lipinski definition) is 3. The van der Waals surface area contributed by atoms with Gasteiger partial charge in [-0.25, -0.2) is 0 Å². The van der Waals surface area contributed by atoms with Gasteiger partial charge in [0.1, 0.15) is 0 Å². The highest BCUT2D eigenvalue weighted by atomic mass is 32.1. The quantitative estimate of drug-likeness (QED) is 0.916. The van der Waals surface area contributed by atoms with Crippen molar-refractivity contribution in [2.75, 3.05) is 13.1 Å².